The summed E-state index contributed by atoms with van der Waals surface area (Å²) in [5.74, 6) is 0.178. The second-order valence-corrected chi connectivity index (χ2v) is 3.72. The highest BCUT2D eigenvalue weighted by molar-refractivity contribution is 5.67. The van der Waals surface area contributed by atoms with Crippen molar-refractivity contribution in [3.05, 3.63) is 0 Å². The topological polar surface area (TPSA) is 53.3 Å². The molecular formula is C10H16N2O2. The molecule has 0 radical (unpaired) electrons. The number of carbonyl (C=O) groups excluding carboxylic acids is 1. The summed E-state index contributed by atoms with van der Waals surface area (Å²) in [6, 6.07) is 2.51. The molecule has 4 heteroatoms. The first-order chi connectivity index (χ1) is 6.69. The van der Waals surface area contributed by atoms with Crippen LogP contribution in [-0.2, 0) is 4.74 Å². The lowest BCUT2D eigenvalue weighted by molar-refractivity contribution is 0.105. The Labute approximate surface area is 84.4 Å². The summed E-state index contributed by atoms with van der Waals surface area (Å²) in [4.78, 5) is 12.8. The third kappa shape index (κ3) is 2.38. The van der Waals surface area contributed by atoms with E-state index >= 15 is 0 Å². The van der Waals surface area contributed by atoms with Gasteiger partial charge in [0.25, 0.3) is 0 Å². The van der Waals surface area contributed by atoms with Gasteiger partial charge < -0.3 is 9.64 Å². The summed E-state index contributed by atoms with van der Waals surface area (Å²) in [5, 5.41) is 8.72. The maximum Gasteiger partial charge on any atom is 0.409 e. The molecule has 0 heterocycles. The van der Waals surface area contributed by atoms with Gasteiger partial charge >= 0.3 is 6.09 Å². The standard InChI is InChI=1S/C10H16N2O2/c1-12(10(13)14-2)9-5-3-8(7-11)4-6-9/h8-9H,3-6H2,1-2H3. The minimum Gasteiger partial charge on any atom is -0.453 e. The molecule has 0 unspecified atom stereocenters. The zero-order valence-corrected chi connectivity index (χ0v) is 8.69. The maximum atomic E-state index is 11.2. The SMILES string of the molecule is COC(=O)N(C)C1CCC(C#N)CC1. The van der Waals surface area contributed by atoms with Crippen LogP contribution >= 0.6 is 0 Å². The van der Waals surface area contributed by atoms with Gasteiger partial charge in [-0.1, -0.05) is 0 Å². The molecule has 1 aliphatic rings. The molecule has 0 saturated heterocycles. The van der Waals surface area contributed by atoms with Crippen LogP contribution in [0.25, 0.3) is 0 Å². The Bertz CT molecular complexity index is 239. The van der Waals surface area contributed by atoms with Crippen molar-refractivity contribution >= 4 is 6.09 Å². The molecule has 1 fully saturated rings. The predicted octanol–water partition coefficient (Wildman–Crippen LogP) is 1.77. The van der Waals surface area contributed by atoms with Crippen molar-refractivity contribution in [2.24, 2.45) is 5.92 Å². The van der Waals surface area contributed by atoms with E-state index in [-0.39, 0.29) is 18.1 Å². The summed E-state index contributed by atoms with van der Waals surface area (Å²) in [6.45, 7) is 0. The van der Waals surface area contributed by atoms with Gasteiger partial charge in [0.2, 0.25) is 0 Å². The van der Waals surface area contributed by atoms with Crippen molar-refractivity contribution in [2.75, 3.05) is 14.2 Å². The van der Waals surface area contributed by atoms with Crippen molar-refractivity contribution in [1.82, 2.24) is 4.90 Å². The van der Waals surface area contributed by atoms with Crippen LogP contribution in [0.2, 0.25) is 0 Å². The maximum absolute atomic E-state index is 11.2. The molecule has 78 valence electrons. The molecule has 1 aliphatic carbocycles. The molecule has 14 heavy (non-hydrogen) atoms. The van der Waals surface area contributed by atoms with Crippen molar-refractivity contribution < 1.29 is 9.53 Å². The van der Waals surface area contributed by atoms with Crippen LogP contribution in [0.5, 0.6) is 0 Å². The van der Waals surface area contributed by atoms with E-state index in [1.807, 2.05) is 0 Å². The van der Waals surface area contributed by atoms with E-state index in [0.29, 0.717) is 0 Å². The molecule has 0 aromatic carbocycles. The molecule has 0 aromatic heterocycles. The first-order valence-electron chi connectivity index (χ1n) is 4.89. The summed E-state index contributed by atoms with van der Waals surface area (Å²) >= 11 is 0. The first-order valence-corrected chi connectivity index (χ1v) is 4.89. The Morgan fingerprint density at radius 3 is 2.43 bits per heavy atom. The fourth-order valence-electron chi connectivity index (χ4n) is 1.89. The van der Waals surface area contributed by atoms with Gasteiger partial charge in [0, 0.05) is 19.0 Å². The van der Waals surface area contributed by atoms with Crippen LogP contribution < -0.4 is 0 Å². The Hall–Kier alpha value is -1.24. The van der Waals surface area contributed by atoms with Gasteiger partial charge in [-0.3, -0.25) is 0 Å². The highest BCUT2D eigenvalue weighted by Crippen LogP contribution is 2.26. The van der Waals surface area contributed by atoms with Crippen LogP contribution in [0.15, 0.2) is 0 Å². The Balaban J connectivity index is 2.42. The number of hydrogen-bond donors (Lipinski definition) is 0. The molecule has 0 spiro atoms. The van der Waals surface area contributed by atoms with E-state index in [1.165, 1.54) is 7.11 Å². The molecule has 0 aromatic rings. The van der Waals surface area contributed by atoms with Gasteiger partial charge in [0.05, 0.1) is 13.2 Å². The summed E-state index contributed by atoms with van der Waals surface area (Å²) < 4.78 is 4.64. The summed E-state index contributed by atoms with van der Waals surface area (Å²) in [5.41, 5.74) is 0. The third-order valence-corrected chi connectivity index (χ3v) is 2.89. The van der Waals surface area contributed by atoms with Gasteiger partial charge in [0.1, 0.15) is 0 Å². The van der Waals surface area contributed by atoms with Crippen LogP contribution in [0.4, 0.5) is 4.79 Å². The zero-order chi connectivity index (χ0) is 10.6. The van der Waals surface area contributed by atoms with Crippen LogP contribution in [0.3, 0.4) is 0 Å². The molecule has 0 N–H and O–H groups in total. The van der Waals surface area contributed by atoms with Crippen molar-refractivity contribution in [3.8, 4) is 6.07 Å². The average Bonchev–Trinajstić information content (AvgIpc) is 2.27. The van der Waals surface area contributed by atoms with E-state index in [0.717, 1.165) is 25.7 Å². The quantitative estimate of drug-likeness (QED) is 0.642. The first kappa shape index (κ1) is 10.8. The number of nitrogens with zero attached hydrogens (tertiary/aromatic N) is 2. The lowest BCUT2D eigenvalue weighted by Gasteiger charge is -2.31. The molecule has 1 saturated carbocycles. The molecule has 0 bridgehead atoms. The third-order valence-electron chi connectivity index (χ3n) is 2.89. The highest BCUT2D eigenvalue weighted by Gasteiger charge is 2.26. The van der Waals surface area contributed by atoms with Crippen molar-refractivity contribution in [1.29, 1.82) is 5.26 Å². The number of carbonyl (C=O) groups is 1. The number of amides is 1. The fraction of sp³-hybridized carbons (Fsp3) is 0.800. The fourth-order valence-corrected chi connectivity index (χ4v) is 1.89. The zero-order valence-electron chi connectivity index (χ0n) is 8.69. The van der Waals surface area contributed by atoms with Gasteiger partial charge in [0.15, 0.2) is 0 Å². The van der Waals surface area contributed by atoms with Crippen molar-refractivity contribution in [3.63, 3.8) is 0 Å². The van der Waals surface area contributed by atoms with E-state index in [1.54, 1.807) is 11.9 Å². The molecular weight excluding hydrogens is 180 g/mol. The predicted molar refractivity (Wildman–Crippen MR) is 51.5 cm³/mol. The number of nitriles is 1. The van der Waals surface area contributed by atoms with Crippen molar-refractivity contribution in [2.45, 2.75) is 31.7 Å². The van der Waals surface area contributed by atoms with E-state index in [9.17, 15) is 4.79 Å². The molecule has 4 nitrogen and oxygen atoms in total. The van der Waals surface area contributed by atoms with Gasteiger partial charge in [-0.15, -0.1) is 0 Å². The summed E-state index contributed by atoms with van der Waals surface area (Å²) in [6.07, 6.45) is 3.31. The van der Waals surface area contributed by atoms with E-state index in [4.69, 9.17) is 5.26 Å². The molecule has 0 atom stereocenters. The van der Waals surface area contributed by atoms with Gasteiger partial charge in [-0.25, -0.2) is 4.79 Å². The van der Waals surface area contributed by atoms with E-state index < -0.39 is 0 Å². The van der Waals surface area contributed by atoms with E-state index in [2.05, 4.69) is 10.8 Å². The Morgan fingerprint density at radius 2 is 2.00 bits per heavy atom. The molecule has 1 amide bonds. The average molecular weight is 196 g/mol. The van der Waals surface area contributed by atoms with Crippen LogP contribution in [0, 0.1) is 17.2 Å². The number of ether oxygens (including phenoxy) is 1. The second-order valence-electron chi connectivity index (χ2n) is 3.72. The number of rotatable bonds is 1. The summed E-state index contributed by atoms with van der Waals surface area (Å²) in [7, 11) is 3.14. The lowest BCUT2D eigenvalue weighted by Crippen LogP contribution is -2.39. The Morgan fingerprint density at radius 1 is 1.43 bits per heavy atom. The largest absolute Gasteiger partial charge is 0.453 e. The van der Waals surface area contributed by atoms with Crippen LogP contribution in [0.1, 0.15) is 25.7 Å². The molecule has 0 aliphatic heterocycles. The minimum absolute atomic E-state index is 0.178. The second kappa shape index (κ2) is 4.85. The lowest BCUT2D eigenvalue weighted by atomic mass is 9.86. The van der Waals surface area contributed by atoms with Gasteiger partial charge in [-0.05, 0) is 25.7 Å². The number of hydrogen-bond acceptors (Lipinski definition) is 3. The normalized spacial score (nSPS) is 26.4. The highest BCUT2D eigenvalue weighted by atomic mass is 16.5. The monoisotopic (exact) mass is 196 g/mol. The number of methoxy groups -OCH3 is 1. The minimum atomic E-state index is -0.287. The Kier molecular flexibility index (Phi) is 3.75. The van der Waals surface area contributed by atoms with Gasteiger partial charge in [-0.2, -0.15) is 5.26 Å². The van der Waals surface area contributed by atoms with Crippen LogP contribution in [-0.4, -0.2) is 31.2 Å². The molecule has 1 rings (SSSR count). The smallest absolute Gasteiger partial charge is 0.409 e.